The number of carbonyl (C=O) groups is 2. The summed E-state index contributed by atoms with van der Waals surface area (Å²) < 4.78 is 0. The van der Waals surface area contributed by atoms with Crippen LogP contribution in [-0.2, 0) is 4.79 Å². The van der Waals surface area contributed by atoms with Crippen molar-refractivity contribution in [2.24, 2.45) is 0 Å². The Kier molecular flexibility index (Phi) is 6.26. The summed E-state index contributed by atoms with van der Waals surface area (Å²) in [5.41, 5.74) is 0. The van der Waals surface area contributed by atoms with Crippen LogP contribution in [0.1, 0.15) is 34.1 Å². The quantitative estimate of drug-likeness (QED) is 0.827. The van der Waals surface area contributed by atoms with Gasteiger partial charge in [0.1, 0.15) is 6.04 Å². The summed E-state index contributed by atoms with van der Waals surface area (Å²) in [6.45, 7) is 11.0. The number of urea groups is 1. The number of aliphatic carboxylic acids is 1. The zero-order valence-corrected chi connectivity index (χ0v) is 13.0. The van der Waals surface area contributed by atoms with Crippen LogP contribution in [-0.4, -0.2) is 76.6 Å². The number of nitrogens with zero attached hydrogens (tertiary/aromatic N) is 3. The third-order valence-corrected chi connectivity index (χ3v) is 3.82. The maximum atomic E-state index is 12.5. The minimum absolute atomic E-state index is 0.0736. The van der Waals surface area contributed by atoms with Gasteiger partial charge in [-0.3, -0.25) is 9.69 Å². The van der Waals surface area contributed by atoms with Gasteiger partial charge in [0.25, 0.3) is 0 Å². The number of hydrogen-bond donors (Lipinski definition) is 1. The van der Waals surface area contributed by atoms with E-state index < -0.39 is 12.0 Å². The molecule has 0 spiro atoms. The molecule has 1 fully saturated rings. The Labute approximate surface area is 121 Å². The molecule has 0 aromatic heterocycles. The highest BCUT2D eigenvalue weighted by molar-refractivity contribution is 5.75. The van der Waals surface area contributed by atoms with Gasteiger partial charge < -0.3 is 14.9 Å². The van der Waals surface area contributed by atoms with Crippen molar-refractivity contribution in [1.82, 2.24) is 14.7 Å². The third kappa shape index (κ3) is 4.10. The largest absolute Gasteiger partial charge is 0.480 e. The van der Waals surface area contributed by atoms with Crippen molar-refractivity contribution in [3.63, 3.8) is 0 Å². The van der Waals surface area contributed by atoms with E-state index in [1.807, 2.05) is 28.5 Å². The average molecular weight is 285 g/mol. The van der Waals surface area contributed by atoms with Crippen LogP contribution >= 0.6 is 0 Å². The molecule has 116 valence electrons. The van der Waals surface area contributed by atoms with Crippen LogP contribution in [0.2, 0.25) is 0 Å². The molecule has 0 radical (unpaired) electrons. The zero-order valence-electron chi connectivity index (χ0n) is 13.0. The van der Waals surface area contributed by atoms with Crippen molar-refractivity contribution in [3.05, 3.63) is 0 Å². The Bertz CT molecular complexity index is 339. The molecule has 1 aliphatic rings. The summed E-state index contributed by atoms with van der Waals surface area (Å²) in [7, 11) is 0. The summed E-state index contributed by atoms with van der Waals surface area (Å²) in [4.78, 5) is 29.1. The predicted octanol–water partition coefficient (Wildman–Crippen LogP) is 1.32. The zero-order chi connectivity index (χ0) is 15.3. The van der Waals surface area contributed by atoms with E-state index in [0.717, 1.165) is 13.0 Å². The average Bonchev–Trinajstić information content (AvgIpc) is 2.43. The molecule has 1 heterocycles. The van der Waals surface area contributed by atoms with Crippen molar-refractivity contribution in [3.8, 4) is 0 Å². The molecule has 20 heavy (non-hydrogen) atoms. The summed E-state index contributed by atoms with van der Waals surface area (Å²) in [6, 6.07) is -0.216. The summed E-state index contributed by atoms with van der Waals surface area (Å²) >= 11 is 0. The van der Waals surface area contributed by atoms with Crippen molar-refractivity contribution in [1.29, 1.82) is 0 Å². The van der Waals surface area contributed by atoms with Gasteiger partial charge in [0.15, 0.2) is 0 Å². The Hall–Kier alpha value is -1.30. The predicted molar refractivity (Wildman–Crippen MR) is 77.8 cm³/mol. The Balaban J connectivity index is 2.55. The van der Waals surface area contributed by atoms with Gasteiger partial charge in [-0.15, -0.1) is 0 Å². The van der Waals surface area contributed by atoms with Crippen LogP contribution in [0.4, 0.5) is 4.79 Å². The topological polar surface area (TPSA) is 64.1 Å². The maximum absolute atomic E-state index is 12.5. The lowest BCUT2D eigenvalue weighted by atomic mass is 10.2. The van der Waals surface area contributed by atoms with E-state index in [1.54, 1.807) is 6.92 Å². The van der Waals surface area contributed by atoms with E-state index in [1.165, 1.54) is 0 Å². The molecule has 1 rings (SSSR count). The van der Waals surface area contributed by atoms with Crippen LogP contribution in [0.25, 0.3) is 0 Å². The number of carbonyl (C=O) groups excluding carboxylic acids is 1. The first-order valence-corrected chi connectivity index (χ1v) is 7.40. The molecule has 0 aliphatic carbocycles. The number of amides is 2. The maximum Gasteiger partial charge on any atom is 0.320 e. The number of hydrogen-bond acceptors (Lipinski definition) is 3. The van der Waals surface area contributed by atoms with Gasteiger partial charge in [-0.1, -0.05) is 6.92 Å². The minimum Gasteiger partial charge on any atom is -0.480 e. The van der Waals surface area contributed by atoms with E-state index in [2.05, 4.69) is 6.92 Å². The Morgan fingerprint density at radius 3 is 2.10 bits per heavy atom. The van der Waals surface area contributed by atoms with Crippen molar-refractivity contribution < 1.29 is 14.7 Å². The van der Waals surface area contributed by atoms with Gasteiger partial charge in [-0.25, -0.2) is 4.79 Å². The normalized spacial score (nSPS) is 18.1. The van der Waals surface area contributed by atoms with Crippen molar-refractivity contribution in [2.75, 3.05) is 32.7 Å². The molecule has 6 nitrogen and oxygen atoms in total. The summed E-state index contributed by atoms with van der Waals surface area (Å²) in [6.07, 6.45) is 0.944. The summed E-state index contributed by atoms with van der Waals surface area (Å²) in [5.74, 6) is -0.806. The molecule has 6 heteroatoms. The van der Waals surface area contributed by atoms with Crippen LogP contribution in [0.15, 0.2) is 0 Å². The van der Waals surface area contributed by atoms with E-state index in [0.29, 0.717) is 26.2 Å². The lowest BCUT2D eigenvalue weighted by Crippen LogP contribution is -2.56. The van der Waals surface area contributed by atoms with E-state index >= 15 is 0 Å². The lowest BCUT2D eigenvalue weighted by Gasteiger charge is -2.39. The van der Waals surface area contributed by atoms with Gasteiger partial charge in [0.05, 0.1) is 0 Å². The van der Waals surface area contributed by atoms with Crippen LogP contribution in [0, 0.1) is 0 Å². The highest BCUT2D eigenvalue weighted by atomic mass is 16.4. The summed E-state index contributed by atoms with van der Waals surface area (Å²) in [5, 5.41) is 9.01. The van der Waals surface area contributed by atoms with E-state index in [4.69, 9.17) is 5.11 Å². The van der Waals surface area contributed by atoms with E-state index in [-0.39, 0.29) is 12.1 Å². The monoisotopic (exact) mass is 285 g/mol. The smallest absolute Gasteiger partial charge is 0.320 e. The number of carboxylic acid groups (broad SMARTS) is 1. The lowest BCUT2D eigenvalue weighted by molar-refractivity contribution is -0.143. The first-order valence-electron chi connectivity index (χ1n) is 7.40. The fourth-order valence-corrected chi connectivity index (χ4v) is 2.45. The number of piperazine rings is 1. The molecule has 1 aliphatic heterocycles. The number of carboxylic acids is 1. The van der Waals surface area contributed by atoms with Gasteiger partial charge >= 0.3 is 12.0 Å². The standard InChI is InChI=1S/C14H27N3O3/c1-5-6-17(11(2)3)14(20)16-9-7-15(8-10-16)12(4)13(18)19/h11-12H,5-10H2,1-4H3,(H,18,19). The van der Waals surface area contributed by atoms with Gasteiger partial charge in [0, 0.05) is 38.8 Å². The third-order valence-electron chi connectivity index (χ3n) is 3.82. The molecular weight excluding hydrogens is 258 g/mol. The van der Waals surface area contributed by atoms with Gasteiger partial charge in [-0.05, 0) is 27.2 Å². The molecule has 0 aromatic rings. The van der Waals surface area contributed by atoms with Gasteiger partial charge in [0.2, 0.25) is 0 Å². The molecule has 0 aromatic carbocycles. The molecule has 1 saturated heterocycles. The molecule has 2 amide bonds. The van der Waals surface area contributed by atoms with Crippen molar-refractivity contribution in [2.45, 2.75) is 46.2 Å². The van der Waals surface area contributed by atoms with Gasteiger partial charge in [-0.2, -0.15) is 0 Å². The molecular formula is C14H27N3O3. The minimum atomic E-state index is -0.806. The van der Waals surface area contributed by atoms with Crippen LogP contribution in [0.5, 0.6) is 0 Å². The molecule has 1 atom stereocenters. The second kappa shape index (κ2) is 7.47. The fraction of sp³-hybridized carbons (Fsp3) is 0.857. The van der Waals surface area contributed by atoms with Crippen LogP contribution in [0.3, 0.4) is 0 Å². The SMILES string of the molecule is CCCN(C(=O)N1CCN(C(C)C(=O)O)CC1)C(C)C. The first kappa shape index (κ1) is 16.8. The fourth-order valence-electron chi connectivity index (χ4n) is 2.45. The highest BCUT2D eigenvalue weighted by Crippen LogP contribution is 2.11. The molecule has 0 saturated carbocycles. The first-order chi connectivity index (χ1) is 9.38. The van der Waals surface area contributed by atoms with E-state index in [9.17, 15) is 9.59 Å². The Morgan fingerprint density at radius 1 is 1.15 bits per heavy atom. The van der Waals surface area contributed by atoms with Crippen molar-refractivity contribution >= 4 is 12.0 Å². The highest BCUT2D eigenvalue weighted by Gasteiger charge is 2.29. The Morgan fingerprint density at radius 2 is 1.70 bits per heavy atom. The molecule has 1 unspecified atom stereocenters. The molecule has 0 bridgehead atoms. The number of rotatable bonds is 5. The molecule has 1 N–H and O–H groups in total. The second-order valence-corrected chi connectivity index (χ2v) is 5.61. The van der Waals surface area contributed by atoms with Crippen LogP contribution < -0.4 is 0 Å². The second-order valence-electron chi connectivity index (χ2n) is 5.61.